The molecule has 0 spiro atoms. The normalized spacial score (nSPS) is 13.0. The Kier molecular flexibility index (Phi) is 7.55. The summed E-state index contributed by atoms with van der Waals surface area (Å²) >= 11 is 0. The molecule has 0 bridgehead atoms. The molecule has 1 aromatic carbocycles. The lowest BCUT2D eigenvalue weighted by Gasteiger charge is -2.17. The summed E-state index contributed by atoms with van der Waals surface area (Å²) in [6.45, 7) is 2.11. The van der Waals surface area contributed by atoms with Crippen LogP contribution in [0.25, 0.3) is 0 Å². The highest BCUT2D eigenvalue weighted by atomic mass is 32.2. The van der Waals surface area contributed by atoms with E-state index in [0.717, 1.165) is 37.7 Å². The molecule has 1 unspecified atom stereocenters. The fourth-order valence-electron chi connectivity index (χ4n) is 2.51. The van der Waals surface area contributed by atoms with Crippen molar-refractivity contribution in [2.75, 3.05) is 0 Å². The van der Waals surface area contributed by atoms with Crippen molar-refractivity contribution in [3.63, 3.8) is 0 Å². The van der Waals surface area contributed by atoms with E-state index in [9.17, 15) is 13.2 Å². The molecular weight excluding hydrogens is 304 g/mol. The van der Waals surface area contributed by atoms with Crippen LogP contribution in [0.2, 0.25) is 0 Å². The Hall–Kier alpha value is -1.40. The Morgan fingerprint density at radius 3 is 2.18 bits per heavy atom. The molecule has 1 atom stereocenters. The van der Waals surface area contributed by atoms with Gasteiger partial charge in [0.2, 0.25) is 0 Å². The molecule has 124 valence electrons. The van der Waals surface area contributed by atoms with Gasteiger partial charge in [-0.1, -0.05) is 38.3 Å². The van der Waals surface area contributed by atoms with E-state index in [4.69, 9.17) is 9.66 Å². The quantitative estimate of drug-likeness (QED) is 0.503. The summed E-state index contributed by atoms with van der Waals surface area (Å²) in [7, 11) is -4.16. The first-order valence-electron chi connectivity index (χ1n) is 7.63. The summed E-state index contributed by atoms with van der Waals surface area (Å²) in [5.74, 6) is -0.480. The molecule has 5 nitrogen and oxygen atoms in total. The highest BCUT2D eigenvalue weighted by Crippen LogP contribution is 2.28. The lowest BCUT2D eigenvalue weighted by atomic mass is 9.89. The topological polar surface area (TPSA) is 91.7 Å². The van der Waals surface area contributed by atoms with Gasteiger partial charge in [0.15, 0.2) is 0 Å². The summed E-state index contributed by atoms with van der Waals surface area (Å²) in [5.41, 5.74) is 1.04. The Morgan fingerprint density at radius 2 is 1.68 bits per heavy atom. The van der Waals surface area contributed by atoms with Gasteiger partial charge in [0.05, 0.1) is 4.90 Å². The van der Waals surface area contributed by atoms with Gasteiger partial charge in [-0.3, -0.25) is 9.35 Å². The fourth-order valence-corrected chi connectivity index (χ4v) is 2.99. The van der Waals surface area contributed by atoms with E-state index in [1.165, 1.54) is 12.1 Å². The van der Waals surface area contributed by atoms with Crippen LogP contribution < -0.4 is 0 Å². The van der Waals surface area contributed by atoms with Crippen molar-refractivity contribution in [2.45, 2.75) is 62.7 Å². The number of unbranched alkanes of at least 4 members (excludes halogenated alkanes) is 2. The van der Waals surface area contributed by atoms with E-state index in [2.05, 4.69) is 6.92 Å². The second-order valence-electron chi connectivity index (χ2n) is 5.52. The van der Waals surface area contributed by atoms with E-state index in [0.29, 0.717) is 12.3 Å². The molecule has 0 aliphatic carbocycles. The minimum absolute atomic E-state index is 0.101. The van der Waals surface area contributed by atoms with Gasteiger partial charge < -0.3 is 5.11 Å². The number of aliphatic carboxylic acids is 1. The number of hydrogen-bond donors (Lipinski definition) is 2. The van der Waals surface area contributed by atoms with Crippen molar-refractivity contribution >= 4 is 16.1 Å². The van der Waals surface area contributed by atoms with Crippen molar-refractivity contribution < 1.29 is 22.9 Å². The molecule has 0 aromatic heterocycles. The van der Waals surface area contributed by atoms with Crippen molar-refractivity contribution in [1.29, 1.82) is 0 Å². The number of rotatable bonds is 10. The third kappa shape index (κ3) is 6.58. The van der Waals surface area contributed by atoms with E-state index in [1.807, 2.05) is 0 Å². The van der Waals surface area contributed by atoms with Crippen molar-refractivity contribution in [2.24, 2.45) is 0 Å². The van der Waals surface area contributed by atoms with Gasteiger partial charge in [-0.05, 0) is 42.9 Å². The second-order valence-corrected chi connectivity index (χ2v) is 6.94. The first kappa shape index (κ1) is 18.6. The minimum Gasteiger partial charge on any atom is -0.481 e. The zero-order valence-electron chi connectivity index (χ0n) is 12.9. The third-order valence-electron chi connectivity index (χ3n) is 3.75. The van der Waals surface area contributed by atoms with Crippen LogP contribution in [-0.4, -0.2) is 24.0 Å². The zero-order valence-corrected chi connectivity index (χ0v) is 13.7. The summed E-state index contributed by atoms with van der Waals surface area (Å²) in [4.78, 5) is 10.4. The standard InChI is InChI=1S/C16H24O5S/c1-2-3-6-13(7-4-5-8-16(17)18)14-9-11-15(12-10-14)22(19,20)21/h9-13H,2-8H2,1H3,(H,17,18)(H,19,20,21). The summed E-state index contributed by atoms with van der Waals surface area (Å²) in [6, 6.07) is 6.31. The molecule has 0 aliphatic rings. The number of benzene rings is 1. The van der Waals surface area contributed by atoms with Crippen LogP contribution in [0.4, 0.5) is 0 Å². The SMILES string of the molecule is CCCCC(CCCCC(=O)O)c1ccc(S(=O)(=O)O)cc1. The maximum atomic E-state index is 11.1. The number of hydrogen-bond acceptors (Lipinski definition) is 3. The van der Waals surface area contributed by atoms with Crippen molar-refractivity contribution in [1.82, 2.24) is 0 Å². The molecule has 0 amide bonds. The molecule has 2 N–H and O–H groups in total. The number of carboxylic acids is 1. The molecule has 1 rings (SSSR count). The second kappa shape index (κ2) is 8.90. The fraction of sp³-hybridized carbons (Fsp3) is 0.562. The van der Waals surface area contributed by atoms with Gasteiger partial charge in [0.25, 0.3) is 10.1 Å². The van der Waals surface area contributed by atoms with Gasteiger partial charge in [-0.15, -0.1) is 0 Å². The molecule has 0 heterocycles. The predicted octanol–water partition coefficient (Wildman–Crippen LogP) is 3.85. The Labute approximate surface area is 132 Å². The molecule has 0 radical (unpaired) electrons. The first-order valence-corrected chi connectivity index (χ1v) is 9.08. The van der Waals surface area contributed by atoms with E-state index >= 15 is 0 Å². The first-order chi connectivity index (χ1) is 10.3. The average molecular weight is 328 g/mol. The average Bonchev–Trinajstić information content (AvgIpc) is 2.45. The summed E-state index contributed by atoms with van der Waals surface area (Å²) in [6.07, 6.45) is 5.70. The molecule has 22 heavy (non-hydrogen) atoms. The third-order valence-corrected chi connectivity index (χ3v) is 4.62. The monoisotopic (exact) mass is 328 g/mol. The van der Waals surface area contributed by atoms with Gasteiger partial charge in [-0.2, -0.15) is 8.42 Å². The largest absolute Gasteiger partial charge is 0.481 e. The smallest absolute Gasteiger partial charge is 0.303 e. The highest BCUT2D eigenvalue weighted by molar-refractivity contribution is 7.85. The number of carboxylic acid groups (broad SMARTS) is 1. The zero-order chi connectivity index (χ0) is 16.6. The Bertz CT molecular complexity index is 563. The van der Waals surface area contributed by atoms with Crippen molar-refractivity contribution in [3.8, 4) is 0 Å². The van der Waals surface area contributed by atoms with Crippen LogP contribution in [0.15, 0.2) is 29.2 Å². The lowest BCUT2D eigenvalue weighted by Crippen LogP contribution is -2.03. The lowest BCUT2D eigenvalue weighted by molar-refractivity contribution is -0.137. The predicted molar refractivity (Wildman–Crippen MR) is 84.6 cm³/mol. The Balaban J connectivity index is 2.71. The molecule has 0 saturated heterocycles. The van der Waals surface area contributed by atoms with Crippen LogP contribution in [0, 0.1) is 0 Å². The van der Waals surface area contributed by atoms with Crippen molar-refractivity contribution in [3.05, 3.63) is 29.8 Å². The maximum absolute atomic E-state index is 11.1. The van der Waals surface area contributed by atoms with Gasteiger partial charge >= 0.3 is 5.97 Å². The van der Waals surface area contributed by atoms with Crippen LogP contribution in [0.1, 0.15) is 63.4 Å². The van der Waals surface area contributed by atoms with E-state index in [-0.39, 0.29) is 11.3 Å². The van der Waals surface area contributed by atoms with Gasteiger partial charge in [0, 0.05) is 6.42 Å². The van der Waals surface area contributed by atoms with Crippen LogP contribution in [0.3, 0.4) is 0 Å². The minimum atomic E-state index is -4.16. The molecule has 0 saturated carbocycles. The van der Waals surface area contributed by atoms with Crippen LogP contribution >= 0.6 is 0 Å². The Morgan fingerprint density at radius 1 is 1.09 bits per heavy atom. The van der Waals surface area contributed by atoms with Gasteiger partial charge in [-0.25, -0.2) is 0 Å². The molecule has 0 aliphatic heterocycles. The van der Waals surface area contributed by atoms with E-state index < -0.39 is 16.1 Å². The summed E-state index contributed by atoms with van der Waals surface area (Å²) in [5, 5.41) is 8.66. The van der Waals surface area contributed by atoms with E-state index in [1.54, 1.807) is 12.1 Å². The highest BCUT2D eigenvalue weighted by Gasteiger charge is 2.14. The van der Waals surface area contributed by atoms with Crippen LogP contribution in [-0.2, 0) is 14.9 Å². The molecule has 0 fully saturated rings. The molecular formula is C16H24O5S. The summed E-state index contributed by atoms with van der Waals surface area (Å²) < 4.78 is 31.1. The van der Waals surface area contributed by atoms with Crippen LogP contribution in [0.5, 0.6) is 0 Å². The van der Waals surface area contributed by atoms with Gasteiger partial charge in [0.1, 0.15) is 0 Å². The maximum Gasteiger partial charge on any atom is 0.303 e. The molecule has 1 aromatic rings. The molecule has 6 heteroatoms. The number of carbonyl (C=O) groups is 1.